The number of nitrogens with zero attached hydrogens (tertiary/aromatic N) is 2. The van der Waals surface area contributed by atoms with E-state index in [1.165, 1.54) is 0 Å². The third kappa shape index (κ3) is 2.17. The van der Waals surface area contributed by atoms with Crippen molar-refractivity contribution < 1.29 is 0 Å². The summed E-state index contributed by atoms with van der Waals surface area (Å²) in [5.74, 6) is 0.575. The molecule has 1 aromatic rings. The monoisotopic (exact) mass is 215 g/mol. The molecule has 1 saturated heterocycles. The molecule has 0 bridgehead atoms. The standard InChI is InChI=1S/C13H17N3/c1-10(15)12-5-6-16(9-12)13-4-2-3-11(7-13)8-14/h2-4,7,10,12H,5-6,9,15H2,1H3. The van der Waals surface area contributed by atoms with Crippen molar-refractivity contribution >= 4 is 5.69 Å². The molecular formula is C13H17N3. The first kappa shape index (κ1) is 11.0. The van der Waals surface area contributed by atoms with Gasteiger partial charge in [-0.1, -0.05) is 6.07 Å². The largest absolute Gasteiger partial charge is 0.371 e. The van der Waals surface area contributed by atoms with Crippen LogP contribution < -0.4 is 10.6 Å². The minimum Gasteiger partial charge on any atom is -0.371 e. The van der Waals surface area contributed by atoms with E-state index in [0.29, 0.717) is 5.92 Å². The molecule has 3 nitrogen and oxygen atoms in total. The number of anilines is 1. The summed E-state index contributed by atoms with van der Waals surface area (Å²) in [5.41, 5.74) is 7.78. The lowest BCUT2D eigenvalue weighted by Gasteiger charge is -2.20. The van der Waals surface area contributed by atoms with E-state index in [9.17, 15) is 0 Å². The smallest absolute Gasteiger partial charge is 0.0992 e. The zero-order chi connectivity index (χ0) is 11.5. The van der Waals surface area contributed by atoms with Gasteiger partial charge in [-0.15, -0.1) is 0 Å². The van der Waals surface area contributed by atoms with E-state index in [-0.39, 0.29) is 6.04 Å². The van der Waals surface area contributed by atoms with Gasteiger partial charge in [0.1, 0.15) is 0 Å². The molecule has 2 atom stereocenters. The summed E-state index contributed by atoms with van der Waals surface area (Å²) in [6.45, 7) is 4.12. The number of benzene rings is 1. The van der Waals surface area contributed by atoms with Gasteiger partial charge in [-0.2, -0.15) is 5.26 Å². The zero-order valence-electron chi connectivity index (χ0n) is 9.56. The molecule has 2 rings (SSSR count). The van der Waals surface area contributed by atoms with Gasteiger partial charge in [-0.25, -0.2) is 0 Å². The van der Waals surface area contributed by atoms with Crippen molar-refractivity contribution in [3.63, 3.8) is 0 Å². The molecule has 84 valence electrons. The van der Waals surface area contributed by atoms with Crippen LogP contribution in [0.15, 0.2) is 24.3 Å². The van der Waals surface area contributed by atoms with Crippen molar-refractivity contribution in [2.75, 3.05) is 18.0 Å². The van der Waals surface area contributed by atoms with Crippen molar-refractivity contribution in [2.24, 2.45) is 11.7 Å². The molecule has 0 spiro atoms. The Balaban J connectivity index is 2.12. The van der Waals surface area contributed by atoms with Crippen molar-refractivity contribution in [1.82, 2.24) is 0 Å². The Kier molecular flexibility index (Phi) is 3.12. The van der Waals surface area contributed by atoms with Crippen LogP contribution in [0.5, 0.6) is 0 Å². The molecule has 1 heterocycles. The minimum atomic E-state index is 0.254. The Morgan fingerprint density at radius 2 is 2.38 bits per heavy atom. The van der Waals surface area contributed by atoms with Gasteiger partial charge in [0.2, 0.25) is 0 Å². The molecule has 0 amide bonds. The summed E-state index contributed by atoms with van der Waals surface area (Å²) in [6, 6.07) is 10.2. The predicted octanol–water partition coefficient (Wildman–Crippen LogP) is 1.73. The molecule has 1 aliphatic heterocycles. The second kappa shape index (κ2) is 4.54. The molecule has 0 saturated carbocycles. The maximum Gasteiger partial charge on any atom is 0.0992 e. The molecule has 0 aromatic heterocycles. The second-order valence-electron chi connectivity index (χ2n) is 4.52. The van der Waals surface area contributed by atoms with E-state index < -0.39 is 0 Å². The first-order chi connectivity index (χ1) is 7.70. The van der Waals surface area contributed by atoms with Crippen LogP contribution in [-0.2, 0) is 0 Å². The minimum absolute atomic E-state index is 0.254. The summed E-state index contributed by atoms with van der Waals surface area (Å²) in [6.07, 6.45) is 1.15. The average molecular weight is 215 g/mol. The molecule has 1 aliphatic rings. The topological polar surface area (TPSA) is 53.0 Å². The summed E-state index contributed by atoms with van der Waals surface area (Å²) in [4.78, 5) is 2.31. The van der Waals surface area contributed by atoms with Crippen molar-refractivity contribution in [1.29, 1.82) is 5.26 Å². The average Bonchev–Trinajstić information content (AvgIpc) is 2.78. The first-order valence-electron chi connectivity index (χ1n) is 5.71. The van der Waals surface area contributed by atoms with E-state index in [1.807, 2.05) is 18.2 Å². The van der Waals surface area contributed by atoms with Crippen LogP contribution in [0.3, 0.4) is 0 Å². The quantitative estimate of drug-likeness (QED) is 0.817. The van der Waals surface area contributed by atoms with Crippen molar-refractivity contribution in [3.8, 4) is 6.07 Å². The van der Waals surface area contributed by atoms with Crippen LogP contribution in [-0.4, -0.2) is 19.1 Å². The molecule has 0 radical (unpaired) electrons. The number of rotatable bonds is 2. The SMILES string of the molecule is CC(N)C1CCN(c2cccc(C#N)c2)C1. The summed E-state index contributed by atoms with van der Waals surface area (Å²) in [7, 11) is 0. The first-order valence-corrected chi connectivity index (χ1v) is 5.71. The van der Waals surface area contributed by atoms with Crippen LogP contribution in [0.25, 0.3) is 0 Å². The number of hydrogen-bond donors (Lipinski definition) is 1. The fourth-order valence-corrected chi connectivity index (χ4v) is 2.22. The molecule has 1 fully saturated rings. The lowest BCUT2D eigenvalue weighted by molar-refractivity contribution is 0.488. The van der Waals surface area contributed by atoms with Crippen molar-refractivity contribution in [2.45, 2.75) is 19.4 Å². The number of nitriles is 1. The van der Waals surface area contributed by atoms with E-state index in [1.54, 1.807) is 0 Å². The van der Waals surface area contributed by atoms with Gasteiger partial charge in [-0.05, 0) is 37.5 Å². The van der Waals surface area contributed by atoms with E-state index in [0.717, 1.165) is 30.8 Å². The third-order valence-corrected chi connectivity index (χ3v) is 3.31. The van der Waals surface area contributed by atoms with Crippen LogP contribution in [0.4, 0.5) is 5.69 Å². The van der Waals surface area contributed by atoms with E-state index in [2.05, 4.69) is 24.0 Å². The van der Waals surface area contributed by atoms with Gasteiger partial charge >= 0.3 is 0 Å². The normalized spacial score (nSPS) is 21.8. The lowest BCUT2D eigenvalue weighted by atomic mass is 10.0. The summed E-state index contributed by atoms with van der Waals surface area (Å²) < 4.78 is 0. The number of hydrogen-bond acceptors (Lipinski definition) is 3. The van der Waals surface area contributed by atoms with Crippen LogP contribution >= 0.6 is 0 Å². The van der Waals surface area contributed by atoms with E-state index >= 15 is 0 Å². The van der Waals surface area contributed by atoms with Gasteiger partial charge in [-0.3, -0.25) is 0 Å². The fraction of sp³-hybridized carbons (Fsp3) is 0.462. The Morgan fingerprint density at radius 1 is 1.56 bits per heavy atom. The molecule has 2 unspecified atom stereocenters. The predicted molar refractivity (Wildman–Crippen MR) is 65.1 cm³/mol. The Labute approximate surface area is 96.5 Å². The highest BCUT2D eigenvalue weighted by atomic mass is 15.2. The van der Waals surface area contributed by atoms with Crippen molar-refractivity contribution in [3.05, 3.63) is 29.8 Å². The highest BCUT2D eigenvalue weighted by molar-refractivity contribution is 5.52. The highest BCUT2D eigenvalue weighted by Gasteiger charge is 2.25. The zero-order valence-corrected chi connectivity index (χ0v) is 9.56. The summed E-state index contributed by atoms with van der Waals surface area (Å²) >= 11 is 0. The van der Waals surface area contributed by atoms with Crippen LogP contribution in [0.2, 0.25) is 0 Å². The third-order valence-electron chi connectivity index (χ3n) is 3.31. The summed E-state index contributed by atoms with van der Waals surface area (Å²) in [5, 5.41) is 8.86. The maximum atomic E-state index is 8.86. The van der Waals surface area contributed by atoms with Gasteiger partial charge in [0.25, 0.3) is 0 Å². The second-order valence-corrected chi connectivity index (χ2v) is 4.52. The maximum absolute atomic E-state index is 8.86. The van der Waals surface area contributed by atoms with Gasteiger partial charge in [0.05, 0.1) is 11.6 Å². The van der Waals surface area contributed by atoms with Crippen LogP contribution in [0.1, 0.15) is 18.9 Å². The fourth-order valence-electron chi connectivity index (χ4n) is 2.22. The Hall–Kier alpha value is -1.53. The van der Waals surface area contributed by atoms with Gasteiger partial charge in [0, 0.05) is 24.8 Å². The molecule has 1 aromatic carbocycles. The Morgan fingerprint density at radius 3 is 3.00 bits per heavy atom. The lowest BCUT2D eigenvalue weighted by Crippen LogP contribution is -2.29. The Bertz CT molecular complexity index is 406. The van der Waals surface area contributed by atoms with Crippen LogP contribution in [0, 0.1) is 17.2 Å². The number of nitrogens with two attached hydrogens (primary N) is 1. The highest BCUT2D eigenvalue weighted by Crippen LogP contribution is 2.25. The molecule has 3 heteroatoms. The molecule has 16 heavy (non-hydrogen) atoms. The molecule has 0 aliphatic carbocycles. The van der Waals surface area contributed by atoms with Gasteiger partial charge in [0.15, 0.2) is 0 Å². The van der Waals surface area contributed by atoms with Gasteiger partial charge < -0.3 is 10.6 Å². The van der Waals surface area contributed by atoms with E-state index in [4.69, 9.17) is 11.0 Å². The molecule has 2 N–H and O–H groups in total. The molecular weight excluding hydrogens is 198 g/mol.